The Labute approximate surface area is 676 Å². The molecule has 49 N–H and O–H groups in total. The van der Waals surface area contributed by atoms with Gasteiger partial charge in [-0.2, -0.15) is 0 Å². The largest absolute Gasteiger partial charge is 0.370 e. The van der Waals surface area contributed by atoms with Gasteiger partial charge in [-0.05, 0) is 132 Å². The quantitative estimate of drug-likeness (QED) is 0.00719. The van der Waals surface area contributed by atoms with E-state index in [0.29, 0.717) is 0 Å². The van der Waals surface area contributed by atoms with E-state index in [2.05, 4.69) is 101 Å². The Kier molecular flexibility index (Phi) is 50.1. The number of pyridine rings is 1. The molecule has 10 amide bonds. The van der Waals surface area contributed by atoms with Crippen LogP contribution in [0.3, 0.4) is 0 Å². The van der Waals surface area contributed by atoms with Crippen LogP contribution >= 0.6 is 21.6 Å². The van der Waals surface area contributed by atoms with E-state index in [9.17, 15) is 58.1 Å². The third-order valence-corrected chi connectivity index (χ3v) is 18.6. The lowest BCUT2D eigenvalue weighted by Gasteiger charge is -2.29. The van der Waals surface area contributed by atoms with Crippen LogP contribution in [-0.4, -0.2) is 248 Å². The molecule has 0 radical (unpaired) electrons. The summed E-state index contributed by atoms with van der Waals surface area (Å²) in [6.45, 7) is -0.0409. The predicted molar refractivity (Wildman–Crippen MR) is 436 cm³/mol. The van der Waals surface area contributed by atoms with Crippen molar-refractivity contribution in [1.29, 1.82) is 48.7 Å². The zero-order chi connectivity index (χ0) is 87.2. The zero-order valence-corrected chi connectivity index (χ0v) is 65.9. The highest BCUT2D eigenvalue weighted by Gasteiger charge is 2.36. The van der Waals surface area contributed by atoms with Gasteiger partial charge in [0.15, 0.2) is 58.7 Å². The molecule has 1 heterocycles. The molecule has 54 heteroatoms. The van der Waals surface area contributed by atoms with Gasteiger partial charge in [0, 0.05) is 76.9 Å². The van der Waals surface area contributed by atoms with Crippen LogP contribution in [0.1, 0.15) is 116 Å². The van der Waals surface area contributed by atoms with Crippen LogP contribution in [0.5, 0.6) is 0 Å². The molecular formula is C62H118N40O12S2. The molecule has 1 aromatic rings. The number of hydrogen-bond donors (Lipinski definition) is 38. The van der Waals surface area contributed by atoms with Crippen molar-refractivity contribution < 1.29 is 52.9 Å². The molecule has 0 fully saturated rings. The molecule has 0 saturated carbocycles. The lowest BCUT2D eigenvalue weighted by atomic mass is 10.0. The zero-order valence-electron chi connectivity index (χ0n) is 64.3. The Morgan fingerprint density at radius 1 is 0.336 bits per heavy atom. The fourth-order valence-corrected chi connectivity index (χ4v) is 12.7. The van der Waals surface area contributed by atoms with Gasteiger partial charge in [-0.15, -0.1) is 0 Å². The summed E-state index contributed by atoms with van der Waals surface area (Å²) in [6.07, 6.45) is -0.103. The van der Waals surface area contributed by atoms with Crippen molar-refractivity contribution in [2.45, 2.75) is 181 Å². The van der Waals surface area contributed by atoms with Crippen molar-refractivity contribution in [2.24, 2.45) is 63.1 Å². The number of nitro groups is 1. The number of nitrogens with zero attached hydrogens (tertiary/aromatic N) is 2. The molecule has 0 aliphatic rings. The molecule has 10 atom stereocenters. The minimum atomic E-state index is -1.63. The van der Waals surface area contributed by atoms with Crippen LogP contribution in [-0.2, 0) is 47.9 Å². The normalized spacial score (nSPS) is 13.2. The minimum absolute atomic E-state index is 0.00340. The van der Waals surface area contributed by atoms with E-state index < -0.39 is 172 Å². The number of guanidine groups is 9. The highest BCUT2D eigenvalue weighted by atomic mass is 33.1. The van der Waals surface area contributed by atoms with Crippen molar-refractivity contribution in [3.63, 3.8) is 0 Å². The molecular weight excluding hydrogens is 1560 g/mol. The second-order valence-corrected chi connectivity index (χ2v) is 28.2. The number of amides is 10. The van der Waals surface area contributed by atoms with Crippen LogP contribution in [0, 0.1) is 58.8 Å². The first-order valence-corrected chi connectivity index (χ1v) is 39.0. The maximum absolute atomic E-state index is 15.0. The Hall–Kier alpha value is -12.7. The van der Waals surface area contributed by atoms with Crippen LogP contribution in [0.25, 0.3) is 0 Å². The van der Waals surface area contributed by atoms with Gasteiger partial charge in [0.1, 0.15) is 54.4 Å². The highest BCUT2D eigenvalue weighted by Crippen LogP contribution is 2.35. The van der Waals surface area contributed by atoms with Crippen molar-refractivity contribution in [3.05, 3.63) is 28.4 Å². The monoisotopic (exact) mass is 1680 g/mol. The average molecular weight is 1680 g/mol. The number of aromatic nitrogens is 1. The van der Waals surface area contributed by atoms with Crippen molar-refractivity contribution >= 4 is 140 Å². The minimum Gasteiger partial charge on any atom is -0.370 e. The number of carbonyl (C=O) groups is 10. The summed E-state index contributed by atoms with van der Waals surface area (Å²) in [7, 11) is 1.85. The van der Waals surface area contributed by atoms with Gasteiger partial charge in [-0.1, -0.05) is 10.8 Å². The summed E-state index contributed by atoms with van der Waals surface area (Å²) in [5, 5.41) is 127. The molecule has 0 spiro atoms. The molecule has 10 unspecified atom stereocenters. The van der Waals surface area contributed by atoms with Crippen molar-refractivity contribution in [2.75, 3.05) is 64.7 Å². The maximum atomic E-state index is 15.0. The Morgan fingerprint density at radius 3 is 0.716 bits per heavy atom. The van der Waals surface area contributed by atoms with E-state index in [1.54, 1.807) is 0 Å². The van der Waals surface area contributed by atoms with E-state index in [0.717, 1.165) is 21.6 Å². The van der Waals surface area contributed by atoms with Crippen molar-refractivity contribution in [3.8, 4) is 0 Å². The van der Waals surface area contributed by atoms with Crippen LogP contribution in [0.4, 0.5) is 5.69 Å². The van der Waals surface area contributed by atoms with Gasteiger partial charge < -0.3 is 159 Å². The SMILES string of the molecule is N=C(N)NCCCC(NC(=O)C(CCCNC(=N)N)NC(=O)C(CCCNC(=N)N)NC(=O)C(CCCNC(=N)N)NC(=O)C(CCCNC(=N)N)NC(=O)C(CCCNC(=N)N)NC(=O)C(CCCNC(=N)N)NC(=O)C(CCCNC(=N)N)NC(=O)C(CCCNC(=N)N)NC(=O)C(N)CSSc1ncccc1[N+](=O)[O-])C(N)=O. The molecule has 0 aromatic carbocycles. The van der Waals surface area contributed by atoms with E-state index in [1.165, 1.54) is 18.3 Å². The third kappa shape index (κ3) is 47.0. The number of primary amides is 1. The van der Waals surface area contributed by atoms with E-state index >= 15 is 0 Å². The van der Waals surface area contributed by atoms with Gasteiger partial charge in [0.2, 0.25) is 59.1 Å². The Morgan fingerprint density at radius 2 is 0.526 bits per heavy atom. The Bertz CT molecular complexity index is 3490. The molecule has 52 nitrogen and oxygen atoms in total. The number of rotatable bonds is 60. The topological polar surface area (TPSA) is 944 Å². The standard InChI is InChI=1S/C62H118N40O12S2/c63-32(31-115-116-53-42(102(113)114)20-10-21-83-53)44(104)94-34(12-2-23-85-55(67)68)46(106)96-36(14-4-25-87-57(71)72)48(108)98-38(16-6-27-89-59(75)76)50(110)100-40(18-8-29-91-61(79)80)52(112)101-41(19-9-30-92-62(81)82)51(111)99-39(17-7-28-90-60(77)78)49(109)97-37(15-5-26-88-58(73)74)47(107)95-35(13-3-24-86-56(69)70)45(105)93-33(43(64)103)11-1-22-84-54(65)66/h10,20-21,32-41H,1-9,11-19,22-31,63H2,(H2,64,103)(H,93,105)(H,94,104)(H,95,107)(H,96,106)(H,97,109)(H,98,108)(H,99,111)(H,100,110)(H,101,112)(H4,65,66,84)(H4,67,68,85)(H4,69,70,86)(H4,71,72,87)(H4,73,74,88)(H4,75,76,89)(H4,77,78,90)(H4,79,80,91)(H4,81,82,92). The van der Waals surface area contributed by atoms with Gasteiger partial charge in [0.25, 0.3) is 0 Å². The van der Waals surface area contributed by atoms with Gasteiger partial charge in [0.05, 0.1) is 11.0 Å². The molecule has 0 aliphatic heterocycles. The van der Waals surface area contributed by atoms with E-state index in [1.807, 2.05) is 0 Å². The molecule has 1 rings (SSSR count). The first-order valence-electron chi connectivity index (χ1n) is 36.7. The lowest BCUT2D eigenvalue weighted by Crippen LogP contribution is -2.60. The summed E-state index contributed by atoms with van der Waals surface area (Å²) >= 11 is 0. The molecule has 1 aromatic heterocycles. The summed E-state index contributed by atoms with van der Waals surface area (Å²) in [4.78, 5) is 159. The smallest absolute Gasteiger partial charge is 0.302 e. The predicted octanol–water partition coefficient (Wildman–Crippen LogP) is -10.7. The maximum Gasteiger partial charge on any atom is 0.302 e. The molecule has 0 bridgehead atoms. The molecule has 116 heavy (non-hydrogen) atoms. The lowest BCUT2D eigenvalue weighted by molar-refractivity contribution is -0.388. The molecule has 650 valence electrons. The third-order valence-electron chi connectivity index (χ3n) is 16.3. The number of nitrogens with one attached hydrogen (secondary N) is 27. The van der Waals surface area contributed by atoms with Gasteiger partial charge >= 0.3 is 5.69 Å². The summed E-state index contributed by atoms with van der Waals surface area (Å²) in [6, 6.07) is -12.5. The number of nitrogens with two attached hydrogens (primary N) is 11. The van der Waals surface area contributed by atoms with Gasteiger partial charge in [-0.3, -0.25) is 107 Å². The second-order valence-electron chi connectivity index (χ2n) is 25.9. The highest BCUT2D eigenvalue weighted by molar-refractivity contribution is 8.76. The first-order chi connectivity index (χ1) is 54.8. The van der Waals surface area contributed by atoms with Crippen LogP contribution in [0.2, 0.25) is 0 Å². The van der Waals surface area contributed by atoms with Crippen LogP contribution in [0.15, 0.2) is 23.4 Å². The molecule has 0 aliphatic carbocycles. The van der Waals surface area contributed by atoms with E-state index in [-0.39, 0.29) is 197 Å². The summed E-state index contributed by atoms with van der Waals surface area (Å²) < 4.78 is 0. The fraction of sp³-hybridized carbons (Fsp3) is 0.613. The van der Waals surface area contributed by atoms with Crippen LogP contribution < -0.4 is 159 Å². The number of hydrogen-bond acceptors (Lipinski definition) is 25. The fourth-order valence-electron chi connectivity index (χ4n) is 10.5. The van der Waals surface area contributed by atoms with Gasteiger partial charge in [-0.25, -0.2) is 4.98 Å². The molecule has 0 saturated heterocycles. The Balaban J connectivity index is 4.04. The average Bonchev–Trinajstić information content (AvgIpc) is 0.863. The number of carbonyl (C=O) groups excluding carboxylic acids is 10. The summed E-state index contributed by atoms with van der Waals surface area (Å²) in [5.74, 6) is -13.7. The van der Waals surface area contributed by atoms with Crippen molar-refractivity contribution in [1.82, 2.24) is 101 Å². The van der Waals surface area contributed by atoms with E-state index in [4.69, 9.17) is 112 Å². The summed E-state index contributed by atoms with van der Waals surface area (Å²) in [5.41, 5.74) is 61.3. The second kappa shape index (κ2) is 57.4. The first kappa shape index (κ1) is 101.